The van der Waals surface area contributed by atoms with Crippen LogP contribution in [0.2, 0.25) is 0 Å². The number of methoxy groups -OCH3 is 1. The summed E-state index contributed by atoms with van der Waals surface area (Å²) in [5.74, 6) is 1.27. The van der Waals surface area contributed by atoms with Gasteiger partial charge in [0.05, 0.1) is 35.6 Å². The maximum atomic E-state index is 12.4. The van der Waals surface area contributed by atoms with Crippen LogP contribution < -0.4 is 4.74 Å². The minimum atomic E-state index is -0.535. The lowest BCUT2D eigenvalue weighted by Gasteiger charge is -2.23. The second-order valence-corrected chi connectivity index (χ2v) is 9.70. The fraction of sp³-hybridized carbons (Fsp3) is 0.346. The van der Waals surface area contributed by atoms with Crippen LogP contribution in [0.4, 0.5) is 4.79 Å². The van der Waals surface area contributed by atoms with Gasteiger partial charge in [-0.15, -0.1) is 0 Å². The van der Waals surface area contributed by atoms with Crippen molar-refractivity contribution < 1.29 is 14.3 Å². The highest BCUT2D eigenvalue weighted by molar-refractivity contribution is 5.91. The first-order chi connectivity index (χ1) is 16.6. The van der Waals surface area contributed by atoms with Gasteiger partial charge in [-0.25, -0.2) is 19.7 Å². The van der Waals surface area contributed by atoms with Gasteiger partial charge in [0.15, 0.2) is 5.82 Å². The zero-order valence-corrected chi connectivity index (χ0v) is 20.8. The predicted molar refractivity (Wildman–Crippen MR) is 134 cm³/mol. The third-order valence-electron chi connectivity index (χ3n) is 5.87. The molecule has 1 aromatic carbocycles. The Morgan fingerprint density at radius 2 is 1.94 bits per heavy atom. The summed E-state index contributed by atoms with van der Waals surface area (Å²) in [5, 5.41) is 5.54. The molecule has 4 aromatic rings. The quantitative estimate of drug-likeness (QED) is 0.419. The van der Waals surface area contributed by atoms with E-state index in [1.54, 1.807) is 22.9 Å². The van der Waals surface area contributed by atoms with Crippen molar-refractivity contribution in [2.24, 2.45) is 7.05 Å². The van der Waals surface area contributed by atoms with Gasteiger partial charge in [0.25, 0.3) is 0 Å². The van der Waals surface area contributed by atoms with Crippen LogP contribution in [0.1, 0.15) is 38.4 Å². The van der Waals surface area contributed by atoms with E-state index in [2.05, 4.69) is 10.1 Å². The fourth-order valence-electron chi connectivity index (χ4n) is 4.31. The highest BCUT2D eigenvalue weighted by atomic mass is 16.6. The molecule has 180 valence electrons. The summed E-state index contributed by atoms with van der Waals surface area (Å²) in [6.45, 7) is 8.13. The molecule has 0 N–H and O–H groups in total. The second-order valence-electron chi connectivity index (χ2n) is 9.70. The van der Waals surface area contributed by atoms with E-state index in [0.29, 0.717) is 30.1 Å². The number of pyridine rings is 1. The van der Waals surface area contributed by atoms with Crippen LogP contribution in [0.25, 0.3) is 38.9 Å². The number of ether oxygens (including phenoxy) is 2. The summed E-state index contributed by atoms with van der Waals surface area (Å²) in [4.78, 5) is 28.1. The minimum Gasteiger partial charge on any atom is -0.496 e. The summed E-state index contributed by atoms with van der Waals surface area (Å²) in [6.07, 6.45) is 5.86. The van der Waals surface area contributed by atoms with Crippen molar-refractivity contribution in [3.05, 3.63) is 48.1 Å². The molecule has 35 heavy (non-hydrogen) atoms. The molecule has 0 radical (unpaired) electrons. The van der Waals surface area contributed by atoms with E-state index in [1.165, 1.54) is 0 Å². The van der Waals surface area contributed by atoms with Gasteiger partial charge in [-0.3, -0.25) is 9.58 Å². The maximum absolute atomic E-state index is 12.4. The lowest BCUT2D eigenvalue weighted by Crippen LogP contribution is -2.32. The van der Waals surface area contributed by atoms with E-state index in [0.717, 1.165) is 38.8 Å². The summed E-state index contributed by atoms with van der Waals surface area (Å²) in [5.41, 5.74) is 5.29. The van der Waals surface area contributed by atoms with Crippen molar-refractivity contribution in [2.75, 3.05) is 13.7 Å². The molecule has 0 unspecified atom stereocenters. The third kappa shape index (κ3) is 4.29. The second kappa shape index (κ2) is 8.33. The molecule has 0 bridgehead atoms. The average Bonchev–Trinajstić information content (AvgIpc) is 3.44. The summed E-state index contributed by atoms with van der Waals surface area (Å²) in [6, 6.07) is 5.86. The largest absolute Gasteiger partial charge is 0.496 e. The van der Waals surface area contributed by atoms with Gasteiger partial charge >= 0.3 is 6.09 Å². The van der Waals surface area contributed by atoms with Crippen molar-refractivity contribution in [3.8, 4) is 17.1 Å². The van der Waals surface area contributed by atoms with Gasteiger partial charge in [-0.05, 0) is 57.9 Å². The molecule has 9 heteroatoms. The van der Waals surface area contributed by atoms with Crippen LogP contribution in [0, 0.1) is 6.92 Å². The van der Waals surface area contributed by atoms with E-state index in [-0.39, 0.29) is 6.09 Å². The SMILES string of the molecule is COc1c(-c2ncc3nc(C4=CN(C(=O)OC(C)(C)C)CC4)ccc3n2)cc2cn(C)nc2c1C. The van der Waals surface area contributed by atoms with E-state index in [1.807, 2.05) is 65.3 Å². The van der Waals surface area contributed by atoms with Crippen molar-refractivity contribution in [3.63, 3.8) is 0 Å². The molecule has 1 amide bonds. The smallest absolute Gasteiger partial charge is 0.414 e. The molecular weight excluding hydrogens is 444 g/mol. The Morgan fingerprint density at radius 3 is 2.69 bits per heavy atom. The number of aromatic nitrogens is 5. The van der Waals surface area contributed by atoms with Crippen molar-refractivity contribution in [2.45, 2.75) is 39.7 Å². The van der Waals surface area contributed by atoms with Crippen LogP contribution >= 0.6 is 0 Å². The van der Waals surface area contributed by atoms with E-state index in [4.69, 9.17) is 19.4 Å². The maximum Gasteiger partial charge on any atom is 0.414 e. The first kappa shape index (κ1) is 22.8. The molecule has 5 rings (SSSR count). The lowest BCUT2D eigenvalue weighted by atomic mass is 10.0. The van der Waals surface area contributed by atoms with Gasteiger partial charge < -0.3 is 9.47 Å². The summed E-state index contributed by atoms with van der Waals surface area (Å²) >= 11 is 0. The van der Waals surface area contributed by atoms with Crippen molar-refractivity contribution in [1.29, 1.82) is 0 Å². The van der Waals surface area contributed by atoms with Crippen LogP contribution in [0.5, 0.6) is 5.75 Å². The molecule has 0 aliphatic carbocycles. The summed E-state index contributed by atoms with van der Waals surface area (Å²) in [7, 11) is 3.54. The van der Waals surface area contributed by atoms with Crippen LogP contribution in [0.3, 0.4) is 0 Å². The third-order valence-corrected chi connectivity index (χ3v) is 5.87. The van der Waals surface area contributed by atoms with Crippen molar-refractivity contribution >= 4 is 33.6 Å². The lowest BCUT2D eigenvalue weighted by molar-refractivity contribution is 0.0349. The number of carbonyl (C=O) groups excluding carboxylic acids is 1. The van der Waals surface area contributed by atoms with Gasteiger partial charge in [-0.2, -0.15) is 5.10 Å². The van der Waals surface area contributed by atoms with Gasteiger partial charge in [-0.1, -0.05) is 0 Å². The van der Waals surface area contributed by atoms with Gasteiger partial charge in [0, 0.05) is 36.9 Å². The van der Waals surface area contributed by atoms with Crippen LogP contribution in [0.15, 0.2) is 36.8 Å². The number of hydrogen-bond acceptors (Lipinski definition) is 7. The molecule has 3 aromatic heterocycles. The topological polar surface area (TPSA) is 95.3 Å². The Bertz CT molecular complexity index is 1500. The monoisotopic (exact) mass is 472 g/mol. The first-order valence-corrected chi connectivity index (χ1v) is 11.5. The van der Waals surface area contributed by atoms with Gasteiger partial charge in [0.1, 0.15) is 16.9 Å². The Morgan fingerprint density at radius 1 is 1.14 bits per heavy atom. The van der Waals surface area contributed by atoms with Gasteiger partial charge in [0.2, 0.25) is 0 Å². The number of hydrogen-bond donors (Lipinski definition) is 0. The highest BCUT2D eigenvalue weighted by Crippen LogP contribution is 2.36. The molecule has 0 spiro atoms. The van der Waals surface area contributed by atoms with Crippen LogP contribution in [-0.2, 0) is 11.8 Å². The van der Waals surface area contributed by atoms with E-state index in [9.17, 15) is 4.79 Å². The highest BCUT2D eigenvalue weighted by Gasteiger charge is 2.25. The number of fused-ring (bicyclic) bond motifs is 2. The van der Waals surface area contributed by atoms with E-state index < -0.39 is 5.60 Å². The molecule has 4 heterocycles. The fourth-order valence-corrected chi connectivity index (χ4v) is 4.31. The standard InChI is InChI=1S/C26H28N6O3/c1-15-22-17(13-31(5)30-22)11-18(23(15)34-6)24-27-12-21-20(29-24)8-7-19(28-21)16-9-10-32(14-16)25(33)35-26(2,3)4/h7-8,11-14H,9-10H2,1-6H3. The zero-order chi connectivity index (χ0) is 24.9. The molecule has 9 nitrogen and oxygen atoms in total. The Labute approximate surface area is 203 Å². The Hall–Kier alpha value is -4.01. The zero-order valence-electron chi connectivity index (χ0n) is 20.8. The molecule has 1 aliphatic rings. The van der Waals surface area contributed by atoms with E-state index >= 15 is 0 Å². The molecule has 0 atom stereocenters. The van der Waals surface area contributed by atoms with Crippen molar-refractivity contribution in [1.82, 2.24) is 29.6 Å². The summed E-state index contributed by atoms with van der Waals surface area (Å²) < 4.78 is 13.0. The Balaban J connectivity index is 1.48. The Kier molecular flexibility index (Phi) is 5.42. The molecule has 0 saturated heterocycles. The average molecular weight is 473 g/mol. The predicted octanol–water partition coefficient (Wildman–Crippen LogP) is 4.88. The number of amides is 1. The molecular formula is C26H28N6O3. The number of nitrogens with zero attached hydrogens (tertiary/aromatic N) is 6. The number of aryl methyl sites for hydroxylation is 2. The minimum absolute atomic E-state index is 0.351. The normalized spacial score (nSPS) is 14.0. The molecule has 0 fully saturated rings. The first-order valence-electron chi connectivity index (χ1n) is 11.5. The molecule has 1 aliphatic heterocycles. The van der Waals surface area contributed by atoms with Crippen LogP contribution in [-0.4, -0.2) is 55.0 Å². The molecule has 0 saturated carbocycles. The number of carbonyl (C=O) groups is 1. The number of rotatable bonds is 3. The number of benzene rings is 1.